The van der Waals surface area contributed by atoms with Gasteiger partial charge >= 0.3 is 5.97 Å². The van der Waals surface area contributed by atoms with Crippen molar-refractivity contribution in [1.82, 2.24) is 10.2 Å². The lowest BCUT2D eigenvalue weighted by atomic mass is 9.70. The van der Waals surface area contributed by atoms with Crippen LogP contribution >= 0.6 is 0 Å². The average molecular weight is 330 g/mol. The van der Waals surface area contributed by atoms with Crippen molar-refractivity contribution in [3.05, 3.63) is 35.9 Å². The van der Waals surface area contributed by atoms with E-state index in [0.29, 0.717) is 6.54 Å². The molecule has 0 bridgehead atoms. The summed E-state index contributed by atoms with van der Waals surface area (Å²) in [6.07, 6.45) is 6.83. The minimum absolute atomic E-state index is 0.116. The van der Waals surface area contributed by atoms with E-state index in [0.717, 1.165) is 50.2 Å². The predicted molar refractivity (Wildman–Crippen MR) is 94.2 cm³/mol. The number of carboxylic acids is 1. The summed E-state index contributed by atoms with van der Waals surface area (Å²) in [5.41, 5.74) is 0.503. The summed E-state index contributed by atoms with van der Waals surface area (Å²) in [5.74, 6) is 0.200. The van der Waals surface area contributed by atoms with Gasteiger partial charge in [-0.2, -0.15) is 0 Å². The topological polar surface area (TPSA) is 61.8 Å². The van der Waals surface area contributed by atoms with Crippen LogP contribution in [0.2, 0.25) is 0 Å². The molecule has 2 saturated heterocycles. The van der Waals surface area contributed by atoms with E-state index in [1.54, 1.807) is 7.11 Å². The molecule has 2 aliphatic heterocycles. The molecule has 2 atom stereocenters. The molecular formula is C19H26N2O3. The number of likely N-dealkylation sites (tertiary alicyclic amines) is 1. The van der Waals surface area contributed by atoms with Gasteiger partial charge in [-0.25, -0.2) is 0 Å². The fraction of sp³-hybridized carbons (Fsp3) is 0.526. The molecule has 2 N–H and O–H groups in total. The van der Waals surface area contributed by atoms with Crippen molar-refractivity contribution >= 4 is 12.0 Å². The molecule has 0 radical (unpaired) electrons. The van der Waals surface area contributed by atoms with E-state index >= 15 is 0 Å². The number of carboxylic acid groups (broad SMARTS) is 1. The number of nitrogens with zero attached hydrogens (tertiary/aromatic N) is 1. The molecule has 3 rings (SSSR count). The molecule has 2 aliphatic rings. The average Bonchev–Trinajstić information content (AvgIpc) is 2.62. The summed E-state index contributed by atoms with van der Waals surface area (Å²) in [6, 6.07) is 8.04. The van der Waals surface area contributed by atoms with E-state index in [9.17, 15) is 9.90 Å². The van der Waals surface area contributed by atoms with Gasteiger partial charge in [-0.3, -0.25) is 9.69 Å². The molecule has 2 heterocycles. The van der Waals surface area contributed by atoms with Gasteiger partial charge in [-0.05, 0) is 43.5 Å². The minimum atomic E-state index is -0.650. The van der Waals surface area contributed by atoms with Gasteiger partial charge < -0.3 is 15.2 Å². The monoisotopic (exact) mass is 330 g/mol. The quantitative estimate of drug-likeness (QED) is 0.867. The maximum absolute atomic E-state index is 11.9. The molecule has 1 aromatic carbocycles. The second-order valence-electron chi connectivity index (χ2n) is 6.77. The fourth-order valence-corrected chi connectivity index (χ4v) is 3.94. The van der Waals surface area contributed by atoms with Crippen LogP contribution in [0.15, 0.2) is 30.3 Å². The van der Waals surface area contributed by atoms with E-state index < -0.39 is 11.4 Å². The minimum Gasteiger partial charge on any atom is -0.497 e. The number of rotatable bonds is 5. The molecule has 0 unspecified atom stereocenters. The number of nitrogens with one attached hydrogen (secondary N) is 1. The second-order valence-corrected chi connectivity index (χ2v) is 6.77. The van der Waals surface area contributed by atoms with Crippen molar-refractivity contribution < 1.29 is 14.6 Å². The molecule has 0 aliphatic carbocycles. The van der Waals surface area contributed by atoms with Crippen molar-refractivity contribution in [2.45, 2.75) is 25.3 Å². The number of fused-ring (bicyclic) bond motifs is 1. The number of piperidine rings is 2. The van der Waals surface area contributed by atoms with Crippen LogP contribution in [-0.2, 0) is 4.79 Å². The Balaban J connectivity index is 1.61. The maximum atomic E-state index is 11.9. The first-order valence-corrected chi connectivity index (χ1v) is 8.64. The smallest absolute Gasteiger partial charge is 0.312 e. The number of carbonyl (C=O) groups is 1. The van der Waals surface area contributed by atoms with Gasteiger partial charge in [0.2, 0.25) is 0 Å². The highest BCUT2D eigenvalue weighted by molar-refractivity contribution is 5.76. The largest absolute Gasteiger partial charge is 0.497 e. The molecule has 24 heavy (non-hydrogen) atoms. The lowest BCUT2D eigenvalue weighted by Gasteiger charge is -2.48. The van der Waals surface area contributed by atoms with E-state index in [4.69, 9.17) is 4.74 Å². The highest BCUT2D eigenvalue weighted by Crippen LogP contribution is 2.37. The molecule has 5 heteroatoms. The first kappa shape index (κ1) is 17.0. The van der Waals surface area contributed by atoms with Gasteiger partial charge in [-0.15, -0.1) is 0 Å². The van der Waals surface area contributed by atoms with Crippen molar-refractivity contribution in [2.24, 2.45) is 5.41 Å². The number of hydrogen-bond donors (Lipinski definition) is 2. The summed E-state index contributed by atoms with van der Waals surface area (Å²) >= 11 is 0. The SMILES string of the molecule is COc1ccc(/C=C/CN2CC[C@H]3NCCC[C@]3(C(=O)O)C2)cc1. The molecule has 0 spiro atoms. The molecule has 130 valence electrons. The number of benzene rings is 1. The molecule has 2 fully saturated rings. The first-order chi connectivity index (χ1) is 11.6. The summed E-state index contributed by atoms with van der Waals surface area (Å²) in [6.45, 7) is 3.30. The van der Waals surface area contributed by atoms with Crippen LogP contribution in [0.1, 0.15) is 24.8 Å². The zero-order valence-electron chi connectivity index (χ0n) is 14.2. The Morgan fingerprint density at radius 1 is 1.46 bits per heavy atom. The van der Waals surface area contributed by atoms with Crippen molar-refractivity contribution in [2.75, 3.05) is 33.3 Å². The number of methoxy groups -OCH3 is 1. The van der Waals surface area contributed by atoms with Crippen molar-refractivity contribution in [1.29, 1.82) is 0 Å². The van der Waals surface area contributed by atoms with Crippen LogP contribution in [0, 0.1) is 5.41 Å². The normalized spacial score (nSPS) is 27.8. The van der Waals surface area contributed by atoms with E-state index in [1.165, 1.54) is 0 Å². The number of aliphatic carboxylic acids is 1. The van der Waals surface area contributed by atoms with Gasteiger partial charge in [0.1, 0.15) is 5.75 Å². The van der Waals surface area contributed by atoms with Crippen LogP contribution in [0.4, 0.5) is 0 Å². The Labute approximate surface area is 143 Å². The first-order valence-electron chi connectivity index (χ1n) is 8.64. The Morgan fingerprint density at radius 3 is 2.96 bits per heavy atom. The van der Waals surface area contributed by atoms with Gasteiger partial charge in [0.25, 0.3) is 0 Å². The summed E-state index contributed by atoms with van der Waals surface area (Å²) in [7, 11) is 1.66. The number of hydrogen-bond acceptors (Lipinski definition) is 4. The van der Waals surface area contributed by atoms with Crippen molar-refractivity contribution in [3.8, 4) is 5.75 Å². The van der Waals surface area contributed by atoms with E-state index in [2.05, 4.69) is 22.4 Å². The Kier molecular flexibility index (Phi) is 5.21. The molecule has 0 amide bonds. The third kappa shape index (κ3) is 3.47. The van der Waals surface area contributed by atoms with Gasteiger partial charge in [0.15, 0.2) is 0 Å². The highest BCUT2D eigenvalue weighted by Gasteiger charge is 2.50. The maximum Gasteiger partial charge on any atom is 0.312 e. The Morgan fingerprint density at radius 2 is 2.25 bits per heavy atom. The third-order valence-corrected chi connectivity index (χ3v) is 5.31. The molecule has 0 saturated carbocycles. The van der Waals surface area contributed by atoms with E-state index in [1.807, 2.05) is 24.3 Å². The molecular weight excluding hydrogens is 304 g/mol. The molecule has 5 nitrogen and oxygen atoms in total. The highest BCUT2D eigenvalue weighted by atomic mass is 16.5. The summed E-state index contributed by atoms with van der Waals surface area (Å²) in [5, 5.41) is 13.2. The molecule has 1 aromatic rings. The number of ether oxygens (including phenoxy) is 1. The van der Waals surface area contributed by atoms with Crippen LogP contribution in [0.3, 0.4) is 0 Å². The summed E-state index contributed by atoms with van der Waals surface area (Å²) < 4.78 is 5.16. The second kappa shape index (κ2) is 7.36. The lowest BCUT2D eigenvalue weighted by Crippen LogP contribution is -2.63. The zero-order chi connectivity index (χ0) is 17.0. The Hall–Kier alpha value is -1.85. The standard InChI is InChI=1S/C19H26N2O3/c1-24-16-7-5-15(6-8-16)4-2-12-21-13-9-17-19(14-21,18(22)23)10-3-11-20-17/h2,4-8,17,20H,3,9-14H2,1H3,(H,22,23)/b4-2+/t17-,19+/m1/s1. The third-order valence-electron chi connectivity index (χ3n) is 5.31. The molecule has 0 aromatic heterocycles. The zero-order valence-corrected chi connectivity index (χ0v) is 14.2. The van der Waals surface area contributed by atoms with Crippen LogP contribution < -0.4 is 10.1 Å². The van der Waals surface area contributed by atoms with Crippen LogP contribution in [0.25, 0.3) is 6.08 Å². The van der Waals surface area contributed by atoms with Crippen LogP contribution in [-0.4, -0.2) is 55.3 Å². The lowest BCUT2D eigenvalue weighted by molar-refractivity contribution is -0.157. The van der Waals surface area contributed by atoms with Gasteiger partial charge in [-0.1, -0.05) is 24.3 Å². The van der Waals surface area contributed by atoms with Crippen molar-refractivity contribution in [3.63, 3.8) is 0 Å². The fourth-order valence-electron chi connectivity index (χ4n) is 3.94. The van der Waals surface area contributed by atoms with Gasteiger partial charge in [0.05, 0.1) is 12.5 Å². The summed E-state index contributed by atoms with van der Waals surface area (Å²) in [4.78, 5) is 14.2. The van der Waals surface area contributed by atoms with E-state index in [-0.39, 0.29) is 6.04 Å². The van der Waals surface area contributed by atoms with Crippen LogP contribution in [0.5, 0.6) is 5.75 Å². The predicted octanol–water partition coefficient (Wildman–Crippen LogP) is 2.24. The Bertz CT molecular complexity index is 599. The van der Waals surface area contributed by atoms with Gasteiger partial charge in [0, 0.05) is 25.7 Å².